The van der Waals surface area contributed by atoms with Gasteiger partial charge in [-0.1, -0.05) is 73.3 Å². The molecule has 1 saturated carbocycles. The minimum absolute atomic E-state index is 0.107. The molecule has 1 aliphatic rings. The molecule has 2 aromatic carbocycles. The zero-order chi connectivity index (χ0) is 26.3. The van der Waals surface area contributed by atoms with Gasteiger partial charge in [0.25, 0.3) is 0 Å². The predicted molar refractivity (Wildman–Crippen MR) is 145 cm³/mol. The maximum absolute atomic E-state index is 13.7. The van der Waals surface area contributed by atoms with Crippen LogP contribution in [0.25, 0.3) is 0 Å². The first-order chi connectivity index (χ1) is 17.1. The number of benzene rings is 2. The van der Waals surface area contributed by atoms with Crippen LogP contribution in [0.3, 0.4) is 0 Å². The number of amides is 2. The third kappa shape index (κ3) is 7.60. The van der Waals surface area contributed by atoms with Gasteiger partial charge in [-0.05, 0) is 49.4 Å². The Kier molecular flexibility index (Phi) is 10.0. The van der Waals surface area contributed by atoms with Crippen LogP contribution in [-0.4, -0.2) is 56.6 Å². The van der Waals surface area contributed by atoms with Gasteiger partial charge < -0.3 is 10.2 Å². The Bertz CT molecular complexity index is 1160. The molecule has 0 aliphatic heterocycles. The molecule has 196 valence electrons. The highest BCUT2D eigenvalue weighted by molar-refractivity contribution is 7.92. The van der Waals surface area contributed by atoms with Crippen LogP contribution in [0, 0.1) is 0 Å². The molecule has 10 heteroatoms. The van der Waals surface area contributed by atoms with Crippen LogP contribution in [0.5, 0.6) is 0 Å². The minimum Gasteiger partial charge on any atom is -0.352 e. The summed E-state index contributed by atoms with van der Waals surface area (Å²) in [6.45, 7) is 1.62. The SMILES string of the molecule is CC[C@H](C(=O)NC1CCCC1)N(CCc1ccccc1)C(=O)CN(c1cc(Cl)ccc1Cl)S(C)(=O)=O. The highest BCUT2D eigenvalue weighted by Crippen LogP contribution is 2.31. The summed E-state index contributed by atoms with van der Waals surface area (Å²) < 4.78 is 26.4. The van der Waals surface area contributed by atoms with Crippen LogP contribution in [0.4, 0.5) is 5.69 Å². The van der Waals surface area contributed by atoms with E-state index in [1.54, 1.807) is 6.07 Å². The van der Waals surface area contributed by atoms with E-state index in [1.165, 1.54) is 17.0 Å². The molecule has 3 rings (SSSR count). The van der Waals surface area contributed by atoms with Crippen LogP contribution in [0.1, 0.15) is 44.6 Å². The summed E-state index contributed by atoms with van der Waals surface area (Å²) in [7, 11) is -3.88. The monoisotopic (exact) mass is 553 g/mol. The summed E-state index contributed by atoms with van der Waals surface area (Å²) >= 11 is 12.4. The molecule has 1 atom stereocenters. The quantitative estimate of drug-likeness (QED) is 0.438. The van der Waals surface area contributed by atoms with Crippen molar-refractivity contribution in [3.63, 3.8) is 0 Å². The second-order valence-corrected chi connectivity index (χ2v) is 11.9. The van der Waals surface area contributed by atoms with Gasteiger partial charge in [0.15, 0.2) is 0 Å². The molecule has 0 bridgehead atoms. The molecule has 0 heterocycles. The van der Waals surface area contributed by atoms with E-state index < -0.39 is 28.5 Å². The lowest BCUT2D eigenvalue weighted by molar-refractivity contribution is -0.139. The summed E-state index contributed by atoms with van der Waals surface area (Å²) in [6, 6.07) is 13.5. The van der Waals surface area contributed by atoms with Crippen molar-refractivity contribution in [2.24, 2.45) is 0 Å². The zero-order valence-corrected chi connectivity index (χ0v) is 23.0. The molecule has 0 spiro atoms. The number of nitrogens with one attached hydrogen (secondary N) is 1. The van der Waals surface area contributed by atoms with E-state index in [0.717, 1.165) is 41.8 Å². The molecule has 2 aromatic rings. The fourth-order valence-corrected chi connectivity index (χ4v) is 5.82. The van der Waals surface area contributed by atoms with Crippen molar-refractivity contribution in [2.45, 2.75) is 57.5 Å². The number of carbonyl (C=O) groups is 2. The van der Waals surface area contributed by atoms with Crippen molar-refractivity contribution in [2.75, 3.05) is 23.7 Å². The molecule has 36 heavy (non-hydrogen) atoms. The van der Waals surface area contributed by atoms with Crippen LogP contribution >= 0.6 is 23.2 Å². The van der Waals surface area contributed by atoms with Crippen molar-refractivity contribution >= 4 is 50.7 Å². The van der Waals surface area contributed by atoms with E-state index in [0.29, 0.717) is 17.9 Å². The van der Waals surface area contributed by atoms with E-state index in [1.807, 2.05) is 37.3 Å². The molecule has 0 saturated heterocycles. The van der Waals surface area contributed by atoms with Gasteiger partial charge in [-0.3, -0.25) is 13.9 Å². The van der Waals surface area contributed by atoms with Gasteiger partial charge in [-0.15, -0.1) is 0 Å². The molecular weight excluding hydrogens is 521 g/mol. The van der Waals surface area contributed by atoms with Crippen molar-refractivity contribution in [3.8, 4) is 0 Å². The number of hydrogen-bond acceptors (Lipinski definition) is 4. The highest BCUT2D eigenvalue weighted by atomic mass is 35.5. The molecular formula is C26H33Cl2N3O4S. The maximum Gasteiger partial charge on any atom is 0.244 e. The number of sulfonamides is 1. The van der Waals surface area contributed by atoms with Gasteiger partial charge in [0.1, 0.15) is 12.6 Å². The largest absolute Gasteiger partial charge is 0.352 e. The van der Waals surface area contributed by atoms with Crippen molar-refractivity contribution in [1.82, 2.24) is 10.2 Å². The van der Waals surface area contributed by atoms with Crippen LogP contribution < -0.4 is 9.62 Å². The molecule has 1 N–H and O–H groups in total. The third-order valence-corrected chi connectivity index (χ3v) is 8.11. The first-order valence-electron chi connectivity index (χ1n) is 12.2. The van der Waals surface area contributed by atoms with Gasteiger partial charge in [0.05, 0.1) is 17.0 Å². The molecule has 0 unspecified atom stereocenters. The standard InChI is InChI=1S/C26H33Cl2N3O4S/c1-3-23(26(33)29-21-11-7-8-12-21)30(16-15-19-9-5-4-6-10-19)25(32)18-31(36(2,34)35)24-17-20(27)13-14-22(24)28/h4-6,9-10,13-14,17,21,23H,3,7-8,11-12,15-16,18H2,1-2H3,(H,29,33)/t23-/m1/s1. The van der Waals surface area contributed by atoms with E-state index in [-0.39, 0.29) is 29.2 Å². The van der Waals surface area contributed by atoms with Crippen molar-refractivity contribution in [1.29, 1.82) is 0 Å². The first-order valence-corrected chi connectivity index (χ1v) is 14.8. The summed E-state index contributed by atoms with van der Waals surface area (Å²) in [6.07, 6.45) is 5.93. The second-order valence-electron chi connectivity index (χ2n) is 9.10. The summed E-state index contributed by atoms with van der Waals surface area (Å²) in [5.41, 5.74) is 1.13. The van der Waals surface area contributed by atoms with Crippen LogP contribution in [0.15, 0.2) is 48.5 Å². The lowest BCUT2D eigenvalue weighted by Gasteiger charge is -2.33. The first kappa shape index (κ1) is 28.3. The molecule has 0 radical (unpaired) electrons. The Morgan fingerprint density at radius 2 is 1.75 bits per heavy atom. The molecule has 1 aliphatic carbocycles. The maximum atomic E-state index is 13.7. The summed E-state index contributed by atoms with van der Waals surface area (Å²) in [5, 5.41) is 3.53. The molecule has 2 amide bonds. The highest BCUT2D eigenvalue weighted by Gasteiger charge is 2.33. The summed E-state index contributed by atoms with van der Waals surface area (Å²) in [4.78, 5) is 28.5. The Labute approximate surface area is 223 Å². The minimum atomic E-state index is -3.88. The third-order valence-electron chi connectivity index (χ3n) is 6.43. The Morgan fingerprint density at radius 3 is 2.36 bits per heavy atom. The predicted octanol–water partition coefficient (Wildman–Crippen LogP) is 4.67. The number of halogens is 2. The van der Waals surface area contributed by atoms with E-state index in [4.69, 9.17) is 23.2 Å². The van der Waals surface area contributed by atoms with Crippen LogP contribution in [-0.2, 0) is 26.0 Å². The Morgan fingerprint density at radius 1 is 1.08 bits per heavy atom. The number of carbonyl (C=O) groups excluding carboxylic acids is 2. The average molecular weight is 555 g/mol. The molecule has 1 fully saturated rings. The number of nitrogens with zero attached hydrogens (tertiary/aromatic N) is 2. The lowest BCUT2D eigenvalue weighted by atomic mass is 10.1. The zero-order valence-electron chi connectivity index (χ0n) is 20.6. The van der Waals surface area contributed by atoms with E-state index in [2.05, 4.69) is 5.32 Å². The Balaban J connectivity index is 1.89. The fraction of sp³-hybridized carbons (Fsp3) is 0.462. The van der Waals surface area contributed by atoms with Crippen molar-refractivity contribution in [3.05, 3.63) is 64.1 Å². The lowest BCUT2D eigenvalue weighted by Crippen LogP contribution is -2.54. The van der Waals surface area contributed by atoms with Crippen molar-refractivity contribution < 1.29 is 18.0 Å². The van der Waals surface area contributed by atoms with Crippen LogP contribution in [0.2, 0.25) is 10.0 Å². The van der Waals surface area contributed by atoms with Gasteiger partial charge in [0.2, 0.25) is 21.8 Å². The number of rotatable bonds is 11. The van der Waals surface area contributed by atoms with Gasteiger partial charge in [-0.2, -0.15) is 0 Å². The smallest absolute Gasteiger partial charge is 0.244 e. The number of anilines is 1. The topological polar surface area (TPSA) is 86.8 Å². The number of hydrogen-bond donors (Lipinski definition) is 1. The molecule has 7 nitrogen and oxygen atoms in total. The van der Waals surface area contributed by atoms with Gasteiger partial charge in [0, 0.05) is 17.6 Å². The van der Waals surface area contributed by atoms with E-state index in [9.17, 15) is 18.0 Å². The van der Waals surface area contributed by atoms with Gasteiger partial charge in [-0.25, -0.2) is 8.42 Å². The summed E-state index contributed by atoms with van der Waals surface area (Å²) in [5.74, 6) is -0.696. The second kappa shape index (κ2) is 12.8. The van der Waals surface area contributed by atoms with Gasteiger partial charge >= 0.3 is 0 Å². The normalized spacial score (nSPS) is 14.9. The molecule has 0 aromatic heterocycles. The van der Waals surface area contributed by atoms with E-state index >= 15 is 0 Å². The Hall–Kier alpha value is -2.29. The fourth-order valence-electron chi connectivity index (χ4n) is 4.54. The average Bonchev–Trinajstić information content (AvgIpc) is 3.34.